The molecule has 9 nitrogen and oxygen atoms in total. The smallest absolute Gasteiger partial charge is 0.267 e. The van der Waals surface area contributed by atoms with Gasteiger partial charge in [-0.2, -0.15) is 0 Å². The van der Waals surface area contributed by atoms with Crippen LogP contribution >= 0.6 is 22.9 Å². The minimum absolute atomic E-state index is 0.118. The number of hydrogen-bond acceptors (Lipinski definition) is 8. The Morgan fingerprint density at radius 1 is 1.00 bits per heavy atom. The van der Waals surface area contributed by atoms with Crippen LogP contribution in [0.15, 0.2) is 78.4 Å². The number of amides is 2. The van der Waals surface area contributed by atoms with Crippen LogP contribution in [0.5, 0.6) is 5.75 Å². The molecule has 0 aliphatic heterocycles. The number of nitrogens with zero attached hydrogens (tertiary/aromatic N) is 2. The van der Waals surface area contributed by atoms with Crippen molar-refractivity contribution in [3.8, 4) is 5.75 Å². The molecule has 3 N–H and O–H groups in total. The zero-order valence-electron chi connectivity index (χ0n) is 21.6. The zero-order valence-corrected chi connectivity index (χ0v) is 23.2. The third-order valence-electron chi connectivity index (χ3n) is 5.79. The number of ether oxygens (including phenoxy) is 2. The summed E-state index contributed by atoms with van der Waals surface area (Å²) in [6.45, 7) is 0.0506. The average Bonchev–Trinajstić information content (AvgIpc) is 3.41. The largest absolute Gasteiger partial charge is 0.487 e. The molecular formula is C29H23ClFN5O4S. The Morgan fingerprint density at radius 2 is 1.85 bits per heavy atom. The monoisotopic (exact) mass is 591 g/mol. The van der Waals surface area contributed by atoms with Gasteiger partial charge in [-0.25, -0.2) is 14.4 Å². The lowest BCUT2D eigenvalue weighted by Gasteiger charge is -2.13. The third kappa shape index (κ3) is 6.95. The number of rotatable bonds is 10. The van der Waals surface area contributed by atoms with Gasteiger partial charge in [-0.3, -0.25) is 9.59 Å². The van der Waals surface area contributed by atoms with Crippen molar-refractivity contribution in [1.82, 2.24) is 9.97 Å². The molecule has 0 fully saturated rings. The molecule has 0 aliphatic carbocycles. The maximum absolute atomic E-state index is 13.4. The Labute approximate surface area is 243 Å². The Kier molecular flexibility index (Phi) is 8.68. The standard InChI is InChI=1S/C29H23ClFN5O4S/c1-39-15-26(37)36-24-9-10-41-27(24)29(38)35-19-5-7-23-21(12-19)28(33-16-32-23)34-20-6-8-25(22(30)13-20)40-14-17-3-2-4-18(31)11-17/h2-13,16H,14-15H2,1H3,(H,35,38)(H,36,37)(H,32,33,34). The summed E-state index contributed by atoms with van der Waals surface area (Å²) < 4.78 is 24.0. The topological polar surface area (TPSA) is 114 Å². The van der Waals surface area contributed by atoms with E-state index in [4.69, 9.17) is 21.1 Å². The molecule has 12 heteroatoms. The molecule has 41 heavy (non-hydrogen) atoms. The first-order valence-corrected chi connectivity index (χ1v) is 13.5. The van der Waals surface area contributed by atoms with E-state index in [1.165, 1.54) is 36.9 Å². The van der Waals surface area contributed by atoms with Crippen molar-refractivity contribution in [2.24, 2.45) is 0 Å². The van der Waals surface area contributed by atoms with Crippen LogP contribution in [0.25, 0.3) is 10.9 Å². The van der Waals surface area contributed by atoms with E-state index in [2.05, 4.69) is 25.9 Å². The average molecular weight is 592 g/mol. The Bertz CT molecular complexity index is 1730. The first-order chi connectivity index (χ1) is 19.9. The summed E-state index contributed by atoms with van der Waals surface area (Å²) in [4.78, 5) is 33.9. The maximum atomic E-state index is 13.4. The number of thiophene rings is 1. The summed E-state index contributed by atoms with van der Waals surface area (Å²) in [5.41, 5.74) is 2.91. The summed E-state index contributed by atoms with van der Waals surface area (Å²) in [7, 11) is 1.42. The van der Waals surface area contributed by atoms with Crippen molar-refractivity contribution < 1.29 is 23.5 Å². The molecule has 0 aliphatic rings. The van der Waals surface area contributed by atoms with E-state index >= 15 is 0 Å². The molecule has 5 aromatic rings. The van der Waals surface area contributed by atoms with E-state index in [1.54, 1.807) is 60.0 Å². The van der Waals surface area contributed by atoms with Crippen LogP contribution in [0.2, 0.25) is 5.02 Å². The Morgan fingerprint density at radius 3 is 2.66 bits per heavy atom. The van der Waals surface area contributed by atoms with Crippen molar-refractivity contribution in [2.75, 3.05) is 29.7 Å². The number of anilines is 4. The fourth-order valence-corrected chi connectivity index (χ4v) is 4.92. The first-order valence-electron chi connectivity index (χ1n) is 12.3. The van der Waals surface area contributed by atoms with E-state index < -0.39 is 0 Å². The highest BCUT2D eigenvalue weighted by atomic mass is 35.5. The van der Waals surface area contributed by atoms with E-state index in [1.807, 2.05) is 0 Å². The van der Waals surface area contributed by atoms with Gasteiger partial charge in [0.1, 0.15) is 41.8 Å². The van der Waals surface area contributed by atoms with Crippen LogP contribution in [0.3, 0.4) is 0 Å². The van der Waals surface area contributed by atoms with Gasteiger partial charge in [0, 0.05) is 23.9 Å². The molecule has 2 heterocycles. The van der Waals surface area contributed by atoms with Crippen LogP contribution < -0.4 is 20.7 Å². The van der Waals surface area contributed by atoms with Crippen LogP contribution in [0.1, 0.15) is 15.2 Å². The highest BCUT2D eigenvalue weighted by molar-refractivity contribution is 7.12. The van der Waals surface area contributed by atoms with Crippen molar-refractivity contribution in [1.29, 1.82) is 0 Å². The second-order valence-electron chi connectivity index (χ2n) is 8.74. The predicted molar refractivity (Wildman–Crippen MR) is 158 cm³/mol. The molecule has 0 radical (unpaired) electrons. The number of hydrogen-bond donors (Lipinski definition) is 3. The van der Waals surface area contributed by atoms with E-state index in [0.29, 0.717) is 55.0 Å². The molecule has 3 aromatic carbocycles. The number of nitrogens with one attached hydrogen (secondary N) is 3. The predicted octanol–water partition coefficient (Wildman–Crippen LogP) is 6.64. The van der Waals surface area contributed by atoms with Gasteiger partial charge >= 0.3 is 0 Å². The molecule has 0 atom stereocenters. The van der Waals surface area contributed by atoms with E-state index in [-0.39, 0.29) is 30.8 Å². The highest BCUT2D eigenvalue weighted by Crippen LogP contribution is 2.32. The summed E-state index contributed by atoms with van der Waals surface area (Å²) in [5.74, 6) is -0.118. The van der Waals surface area contributed by atoms with Gasteiger partial charge in [-0.15, -0.1) is 11.3 Å². The number of benzene rings is 3. The Balaban J connectivity index is 1.31. The van der Waals surface area contributed by atoms with Gasteiger partial charge in [0.2, 0.25) is 5.91 Å². The minimum Gasteiger partial charge on any atom is -0.487 e. The van der Waals surface area contributed by atoms with Crippen LogP contribution in [-0.2, 0) is 16.1 Å². The summed E-state index contributed by atoms with van der Waals surface area (Å²) in [6, 6.07) is 18.3. The van der Waals surface area contributed by atoms with E-state index in [9.17, 15) is 14.0 Å². The van der Waals surface area contributed by atoms with Gasteiger partial charge in [0.05, 0.1) is 16.2 Å². The van der Waals surface area contributed by atoms with Gasteiger partial charge in [0.15, 0.2) is 0 Å². The molecular weight excluding hydrogens is 569 g/mol. The van der Waals surface area contributed by atoms with Crippen LogP contribution in [-0.4, -0.2) is 35.5 Å². The second-order valence-corrected chi connectivity index (χ2v) is 10.1. The molecule has 0 saturated heterocycles. The van der Waals surface area contributed by atoms with Gasteiger partial charge in [0.25, 0.3) is 5.91 Å². The number of aromatic nitrogens is 2. The Hall–Kier alpha value is -4.58. The third-order valence-corrected chi connectivity index (χ3v) is 7.00. The maximum Gasteiger partial charge on any atom is 0.267 e. The molecule has 5 rings (SSSR count). The number of halogens is 2. The molecule has 2 aromatic heterocycles. The molecule has 0 saturated carbocycles. The van der Waals surface area contributed by atoms with Gasteiger partial charge in [-0.05, 0) is 65.5 Å². The minimum atomic E-state index is -0.376. The van der Waals surface area contributed by atoms with Gasteiger partial charge in [-0.1, -0.05) is 23.7 Å². The normalized spacial score (nSPS) is 10.8. The SMILES string of the molecule is COCC(=O)Nc1ccsc1C(=O)Nc1ccc2ncnc(Nc3ccc(OCc4cccc(F)c4)c(Cl)c3)c2c1. The molecule has 0 bridgehead atoms. The molecule has 2 amide bonds. The number of methoxy groups -OCH3 is 1. The van der Waals surface area contributed by atoms with Crippen LogP contribution in [0, 0.1) is 5.82 Å². The lowest BCUT2D eigenvalue weighted by molar-refractivity contribution is -0.119. The fourth-order valence-electron chi connectivity index (χ4n) is 3.94. The quantitative estimate of drug-likeness (QED) is 0.167. The van der Waals surface area contributed by atoms with Crippen molar-refractivity contribution in [3.63, 3.8) is 0 Å². The van der Waals surface area contributed by atoms with Gasteiger partial charge < -0.3 is 25.4 Å². The van der Waals surface area contributed by atoms with Crippen molar-refractivity contribution in [3.05, 3.63) is 99.7 Å². The molecule has 0 spiro atoms. The lowest BCUT2D eigenvalue weighted by Crippen LogP contribution is -2.19. The van der Waals surface area contributed by atoms with Crippen molar-refractivity contribution in [2.45, 2.75) is 6.61 Å². The first kappa shape index (κ1) is 28.0. The van der Waals surface area contributed by atoms with E-state index in [0.717, 1.165) is 0 Å². The second kappa shape index (κ2) is 12.7. The van der Waals surface area contributed by atoms with Crippen molar-refractivity contribution >= 4 is 68.5 Å². The summed E-state index contributed by atoms with van der Waals surface area (Å²) in [6.07, 6.45) is 1.43. The lowest BCUT2D eigenvalue weighted by atomic mass is 10.2. The summed E-state index contributed by atoms with van der Waals surface area (Å²) >= 11 is 7.66. The molecule has 208 valence electrons. The highest BCUT2D eigenvalue weighted by Gasteiger charge is 2.16. The van der Waals surface area contributed by atoms with Crippen LogP contribution in [0.4, 0.5) is 27.3 Å². The number of fused-ring (bicyclic) bond motifs is 1. The fraction of sp³-hybridized carbons (Fsp3) is 0.103. The number of carbonyl (C=O) groups excluding carboxylic acids is 2. The molecule has 0 unspecified atom stereocenters. The zero-order chi connectivity index (χ0) is 28.8. The summed E-state index contributed by atoms with van der Waals surface area (Å²) in [5, 5.41) is 11.5. The number of carbonyl (C=O) groups is 2.